The lowest BCUT2D eigenvalue weighted by Gasteiger charge is -2.20. The summed E-state index contributed by atoms with van der Waals surface area (Å²) in [7, 11) is 0. The number of nitrogens with zero attached hydrogens (tertiary/aromatic N) is 4. The monoisotopic (exact) mass is 243 g/mol. The van der Waals surface area contributed by atoms with Gasteiger partial charge in [0.2, 0.25) is 0 Å². The van der Waals surface area contributed by atoms with Crippen LogP contribution in [0.25, 0.3) is 5.69 Å². The molecule has 0 spiro atoms. The molecule has 0 bridgehead atoms. The number of nitrogens with one attached hydrogen (secondary N) is 1. The van der Waals surface area contributed by atoms with Crippen LogP contribution in [0.3, 0.4) is 0 Å². The van der Waals surface area contributed by atoms with Gasteiger partial charge in [0, 0.05) is 6.42 Å². The molecule has 1 atom stereocenters. The molecule has 0 aliphatic carbocycles. The number of aromatic nitrogens is 4. The third-order valence-corrected chi connectivity index (χ3v) is 3.31. The van der Waals surface area contributed by atoms with Crippen LogP contribution in [-0.2, 0) is 6.42 Å². The Bertz CT molecular complexity index is 487. The molecule has 0 amide bonds. The van der Waals surface area contributed by atoms with Gasteiger partial charge in [0.1, 0.15) is 0 Å². The first kappa shape index (κ1) is 11.3. The number of hydrogen-bond donors (Lipinski definition) is 1. The number of para-hydroxylation sites is 1. The molecular weight excluding hydrogens is 226 g/mol. The summed E-state index contributed by atoms with van der Waals surface area (Å²) in [5, 5.41) is 16.1. The molecule has 94 valence electrons. The first-order valence-electron chi connectivity index (χ1n) is 6.47. The number of rotatable bonds is 3. The summed E-state index contributed by atoms with van der Waals surface area (Å²) in [5.41, 5.74) is 0.956. The minimum Gasteiger partial charge on any atom is -0.316 e. The van der Waals surface area contributed by atoms with Crippen LogP contribution in [0, 0.1) is 5.92 Å². The van der Waals surface area contributed by atoms with Gasteiger partial charge in [-0.3, -0.25) is 0 Å². The normalized spacial score (nSPS) is 19.9. The zero-order valence-electron chi connectivity index (χ0n) is 10.3. The molecule has 0 saturated carbocycles. The second kappa shape index (κ2) is 5.27. The molecule has 1 aromatic heterocycles. The largest absolute Gasteiger partial charge is 0.316 e. The van der Waals surface area contributed by atoms with Gasteiger partial charge in [-0.1, -0.05) is 18.2 Å². The zero-order valence-corrected chi connectivity index (χ0v) is 10.3. The van der Waals surface area contributed by atoms with Gasteiger partial charge in [-0.15, -0.1) is 15.0 Å². The predicted molar refractivity (Wildman–Crippen MR) is 68.5 cm³/mol. The minimum atomic E-state index is 0.646. The van der Waals surface area contributed by atoms with E-state index in [0.717, 1.165) is 31.0 Å². The van der Waals surface area contributed by atoms with Crippen LogP contribution in [0.15, 0.2) is 30.3 Å². The Kier molecular flexibility index (Phi) is 3.32. The molecular formula is C13H17N5. The van der Waals surface area contributed by atoms with Crippen molar-refractivity contribution in [3.05, 3.63) is 36.2 Å². The number of hydrogen-bond acceptors (Lipinski definition) is 4. The van der Waals surface area contributed by atoms with E-state index in [1.54, 1.807) is 4.80 Å². The van der Waals surface area contributed by atoms with Crippen LogP contribution in [0.2, 0.25) is 0 Å². The highest BCUT2D eigenvalue weighted by molar-refractivity contribution is 5.27. The van der Waals surface area contributed by atoms with Crippen molar-refractivity contribution in [1.82, 2.24) is 25.5 Å². The average molecular weight is 243 g/mol. The molecule has 1 unspecified atom stereocenters. The first-order chi connectivity index (χ1) is 8.92. The van der Waals surface area contributed by atoms with Gasteiger partial charge in [-0.2, -0.15) is 0 Å². The molecule has 1 aliphatic heterocycles. The predicted octanol–water partition coefficient (Wildman–Crippen LogP) is 1.20. The van der Waals surface area contributed by atoms with Crippen molar-refractivity contribution in [2.45, 2.75) is 19.3 Å². The molecule has 1 saturated heterocycles. The van der Waals surface area contributed by atoms with Gasteiger partial charge in [0.25, 0.3) is 0 Å². The van der Waals surface area contributed by atoms with Gasteiger partial charge >= 0.3 is 0 Å². The van der Waals surface area contributed by atoms with Crippen molar-refractivity contribution >= 4 is 0 Å². The van der Waals surface area contributed by atoms with Crippen LogP contribution in [-0.4, -0.2) is 33.3 Å². The molecule has 2 aromatic rings. The zero-order chi connectivity index (χ0) is 12.2. The number of tetrazole rings is 1. The average Bonchev–Trinajstić information content (AvgIpc) is 2.89. The van der Waals surface area contributed by atoms with Gasteiger partial charge in [0.05, 0.1) is 5.69 Å². The van der Waals surface area contributed by atoms with Crippen LogP contribution in [0.4, 0.5) is 0 Å². The first-order valence-corrected chi connectivity index (χ1v) is 6.47. The van der Waals surface area contributed by atoms with E-state index >= 15 is 0 Å². The molecule has 3 rings (SSSR count). The number of piperidine rings is 1. The maximum Gasteiger partial charge on any atom is 0.175 e. The molecule has 1 fully saturated rings. The third-order valence-electron chi connectivity index (χ3n) is 3.31. The Morgan fingerprint density at radius 3 is 2.94 bits per heavy atom. The second-order valence-corrected chi connectivity index (χ2v) is 4.75. The van der Waals surface area contributed by atoms with Gasteiger partial charge in [-0.25, -0.2) is 0 Å². The van der Waals surface area contributed by atoms with Crippen molar-refractivity contribution in [3.8, 4) is 5.69 Å². The van der Waals surface area contributed by atoms with Crippen molar-refractivity contribution < 1.29 is 0 Å². The maximum atomic E-state index is 4.44. The second-order valence-electron chi connectivity index (χ2n) is 4.75. The smallest absolute Gasteiger partial charge is 0.175 e. The molecule has 0 radical (unpaired) electrons. The topological polar surface area (TPSA) is 55.6 Å². The highest BCUT2D eigenvalue weighted by atomic mass is 15.6. The maximum absolute atomic E-state index is 4.44. The summed E-state index contributed by atoms with van der Waals surface area (Å²) < 4.78 is 0. The molecule has 1 aliphatic rings. The molecule has 1 N–H and O–H groups in total. The van der Waals surface area contributed by atoms with Gasteiger partial charge in [-0.05, 0) is 49.2 Å². The van der Waals surface area contributed by atoms with Crippen molar-refractivity contribution in [3.63, 3.8) is 0 Å². The summed E-state index contributed by atoms with van der Waals surface area (Å²) in [6, 6.07) is 9.89. The Morgan fingerprint density at radius 2 is 2.17 bits per heavy atom. The summed E-state index contributed by atoms with van der Waals surface area (Å²) in [5.74, 6) is 1.49. The van der Waals surface area contributed by atoms with E-state index in [1.165, 1.54) is 12.8 Å². The van der Waals surface area contributed by atoms with Crippen LogP contribution >= 0.6 is 0 Å². The number of benzene rings is 1. The Balaban J connectivity index is 1.69. The van der Waals surface area contributed by atoms with E-state index in [1.807, 2.05) is 30.3 Å². The van der Waals surface area contributed by atoms with E-state index < -0.39 is 0 Å². The molecule has 5 heteroatoms. The fourth-order valence-corrected chi connectivity index (χ4v) is 2.35. The third kappa shape index (κ3) is 2.56. The fourth-order valence-electron chi connectivity index (χ4n) is 2.35. The lowest BCUT2D eigenvalue weighted by atomic mass is 9.96. The SMILES string of the molecule is c1ccc(-n2nnc(CC3CCCNC3)n2)cc1. The Morgan fingerprint density at radius 1 is 1.28 bits per heavy atom. The van der Waals surface area contributed by atoms with Crippen molar-refractivity contribution in [2.75, 3.05) is 13.1 Å². The van der Waals surface area contributed by atoms with Crippen molar-refractivity contribution in [2.24, 2.45) is 5.92 Å². The summed E-state index contributed by atoms with van der Waals surface area (Å²) >= 11 is 0. The van der Waals surface area contributed by atoms with E-state index in [-0.39, 0.29) is 0 Å². The lowest BCUT2D eigenvalue weighted by molar-refractivity contribution is 0.370. The van der Waals surface area contributed by atoms with Crippen LogP contribution < -0.4 is 5.32 Å². The molecule has 1 aromatic carbocycles. The van der Waals surface area contributed by atoms with E-state index in [4.69, 9.17) is 0 Å². The highest BCUT2D eigenvalue weighted by Gasteiger charge is 2.16. The van der Waals surface area contributed by atoms with Crippen LogP contribution in [0.1, 0.15) is 18.7 Å². The molecule has 2 heterocycles. The van der Waals surface area contributed by atoms with E-state index in [9.17, 15) is 0 Å². The summed E-state index contributed by atoms with van der Waals surface area (Å²) in [4.78, 5) is 1.60. The lowest BCUT2D eigenvalue weighted by Crippen LogP contribution is -2.31. The van der Waals surface area contributed by atoms with E-state index in [2.05, 4.69) is 20.7 Å². The van der Waals surface area contributed by atoms with Crippen molar-refractivity contribution in [1.29, 1.82) is 0 Å². The highest BCUT2D eigenvalue weighted by Crippen LogP contribution is 2.14. The van der Waals surface area contributed by atoms with Gasteiger partial charge < -0.3 is 5.32 Å². The van der Waals surface area contributed by atoms with Gasteiger partial charge in [0.15, 0.2) is 5.82 Å². The molecule has 5 nitrogen and oxygen atoms in total. The standard InChI is InChI=1S/C13H17N5/c1-2-6-12(7-3-1)18-16-13(15-17-18)9-11-5-4-8-14-10-11/h1-3,6-7,11,14H,4-5,8-10H2. The Hall–Kier alpha value is -1.75. The fraction of sp³-hybridized carbons (Fsp3) is 0.462. The Labute approximate surface area is 106 Å². The molecule has 18 heavy (non-hydrogen) atoms. The quantitative estimate of drug-likeness (QED) is 0.880. The van der Waals surface area contributed by atoms with E-state index in [0.29, 0.717) is 5.92 Å². The summed E-state index contributed by atoms with van der Waals surface area (Å²) in [6.45, 7) is 2.21. The minimum absolute atomic E-state index is 0.646. The summed E-state index contributed by atoms with van der Waals surface area (Å²) in [6.07, 6.45) is 3.42. The van der Waals surface area contributed by atoms with Crippen LogP contribution in [0.5, 0.6) is 0 Å².